The Morgan fingerprint density at radius 2 is 1.82 bits per heavy atom. The molecule has 224 valence electrons. The van der Waals surface area contributed by atoms with E-state index < -0.39 is 23.0 Å². The third kappa shape index (κ3) is 7.18. The van der Waals surface area contributed by atoms with Crippen molar-refractivity contribution in [2.45, 2.75) is 45.1 Å². The predicted molar refractivity (Wildman–Crippen MR) is 164 cm³/mol. The molecule has 0 spiro atoms. The fourth-order valence-corrected chi connectivity index (χ4v) is 5.78. The van der Waals surface area contributed by atoms with Crippen LogP contribution in [0.5, 0.6) is 0 Å². The van der Waals surface area contributed by atoms with Crippen LogP contribution in [0.1, 0.15) is 46.8 Å². The molecule has 0 amide bonds. The van der Waals surface area contributed by atoms with Gasteiger partial charge in [-0.3, -0.25) is 19.7 Å². The standard InChI is InChI=1S/C35H33N3O6/c1-24-30(13-7-15-32(24)27-10-3-2-4-11-27)23-43-34(28-12-6-14-31(19-28)38(41)42)29-16-17-37(33(20-29)35(39)40)44-22-26-9-5-8-25(18-26)21-36/h2-15,18-19,29,33-34H,16-17,20,22-23H2,1H3,(H,39,40). The molecule has 0 radical (unpaired) electrons. The first-order valence-corrected chi connectivity index (χ1v) is 14.5. The first-order chi connectivity index (χ1) is 21.3. The monoisotopic (exact) mass is 591 g/mol. The van der Waals surface area contributed by atoms with E-state index in [1.54, 1.807) is 30.3 Å². The van der Waals surface area contributed by atoms with E-state index in [1.165, 1.54) is 17.2 Å². The van der Waals surface area contributed by atoms with E-state index in [2.05, 4.69) is 24.3 Å². The molecule has 0 bridgehead atoms. The van der Waals surface area contributed by atoms with Crippen molar-refractivity contribution in [1.82, 2.24) is 5.06 Å². The lowest BCUT2D eigenvalue weighted by molar-refractivity contribution is -0.385. The lowest BCUT2D eigenvalue weighted by atomic mass is 9.84. The summed E-state index contributed by atoms with van der Waals surface area (Å²) in [4.78, 5) is 29.5. The molecule has 0 aromatic heterocycles. The Hall–Kier alpha value is -4.88. The molecule has 1 heterocycles. The lowest BCUT2D eigenvalue weighted by Crippen LogP contribution is -2.48. The van der Waals surface area contributed by atoms with Gasteiger partial charge in [0, 0.05) is 18.7 Å². The molecule has 44 heavy (non-hydrogen) atoms. The molecule has 4 aromatic carbocycles. The maximum absolute atomic E-state index is 12.4. The molecule has 5 rings (SSSR count). The Morgan fingerprint density at radius 1 is 1.05 bits per heavy atom. The van der Waals surface area contributed by atoms with Crippen LogP contribution < -0.4 is 0 Å². The van der Waals surface area contributed by atoms with E-state index in [0.717, 1.165) is 27.8 Å². The number of hydroxylamine groups is 2. The molecule has 3 atom stereocenters. The molecule has 4 aromatic rings. The van der Waals surface area contributed by atoms with Crippen LogP contribution in [-0.2, 0) is 27.6 Å². The second kappa shape index (κ2) is 14.1. The first kappa shape index (κ1) is 30.6. The maximum Gasteiger partial charge on any atom is 0.323 e. The number of nitriles is 1. The van der Waals surface area contributed by atoms with Crippen molar-refractivity contribution in [3.05, 3.63) is 135 Å². The largest absolute Gasteiger partial charge is 0.480 e. The Morgan fingerprint density at radius 3 is 2.57 bits per heavy atom. The third-order valence-electron chi connectivity index (χ3n) is 8.12. The van der Waals surface area contributed by atoms with Crippen LogP contribution in [-0.4, -0.2) is 33.6 Å². The molecule has 9 heteroatoms. The number of carbonyl (C=O) groups is 1. The average Bonchev–Trinajstić information content (AvgIpc) is 3.05. The second-order valence-electron chi connectivity index (χ2n) is 10.9. The Kier molecular flexibility index (Phi) is 9.77. The molecule has 0 saturated carbocycles. The predicted octanol–water partition coefficient (Wildman–Crippen LogP) is 7.00. The van der Waals surface area contributed by atoms with Crippen molar-refractivity contribution in [1.29, 1.82) is 5.26 Å². The van der Waals surface area contributed by atoms with Gasteiger partial charge >= 0.3 is 5.97 Å². The number of carboxylic acids is 1. The number of nitro benzene ring substituents is 1. The second-order valence-corrected chi connectivity index (χ2v) is 10.9. The van der Waals surface area contributed by atoms with Gasteiger partial charge in [-0.05, 0) is 71.2 Å². The van der Waals surface area contributed by atoms with Crippen molar-refractivity contribution in [3.8, 4) is 17.2 Å². The summed E-state index contributed by atoms with van der Waals surface area (Å²) in [6, 6.07) is 30.7. The number of rotatable bonds is 11. The van der Waals surface area contributed by atoms with E-state index in [4.69, 9.17) is 9.57 Å². The Labute approximate surface area is 256 Å². The fourth-order valence-electron chi connectivity index (χ4n) is 5.78. The smallest absolute Gasteiger partial charge is 0.323 e. The van der Waals surface area contributed by atoms with Gasteiger partial charge in [-0.25, -0.2) is 0 Å². The van der Waals surface area contributed by atoms with Gasteiger partial charge in [0.25, 0.3) is 5.69 Å². The van der Waals surface area contributed by atoms with Gasteiger partial charge in [-0.15, -0.1) is 0 Å². The van der Waals surface area contributed by atoms with Crippen LogP contribution in [0.15, 0.2) is 97.1 Å². The highest BCUT2D eigenvalue weighted by atomic mass is 16.7. The number of carboxylic acid groups (broad SMARTS) is 1. The van der Waals surface area contributed by atoms with Gasteiger partial charge in [-0.1, -0.05) is 72.8 Å². The van der Waals surface area contributed by atoms with Crippen molar-refractivity contribution in [3.63, 3.8) is 0 Å². The SMILES string of the molecule is Cc1c(COC(c2cccc([N+](=O)[O-])c2)C2CCN(OCc3cccc(C#N)c3)C(C(=O)O)C2)cccc1-c1ccccc1. The van der Waals surface area contributed by atoms with E-state index in [-0.39, 0.29) is 31.2 Å². The summed E-state index contributed by atoms with van der Waals surface area (Å²) in [5.74, 6) is -1.26. The molecule has 0 aliphatic carbocycles. The first-order valence-electron chi connectivity index (χ1n) is 14.5. The molecule has 3 unspecified atom stereocenters. The highest BCUT2D eigenvalue weighted by molar-refractivity contribution is 5.73. The van der Waals surface area contributed by atoms with Crippen LogP contribution in [0, 0.1) is 34.3 Å². The van der Waals surface area contributed by atoms with E-state index >= 15 is 0 Å². The highest BCUT2D eigenvalue weighted by Crippen LogP contribution is 2.39. The van der Waals surface area contributed by atoms with Crippen LogP contribution in [0.4, 0.5) is 5.69 Å². The number of hydrogen-bond donors (Lipinski definition) is 1. The molecule has 1 saturated heterocycles. The number of nitro groups is 1. The number of piperidine rings is 1. The van der Waals surface area contributed by atoms with Gasteiger partial charge in [0.15, 0.2) is 0 Å². The zero-order valence-electron chi connectivity index (χ0n) is 24.3. The Bertz CT molecular complexity index is 1670. The summed E-state index contributed by atoms with van der Waals surface area (Å²) < 4.78 is 6.57. The summed E-state index contributed by atoms with van der Waals surface area (Å²) in [7, 11) is 0. The summed E-state index contributed by atoms with van der Waals surface area (Å²) >= 11 is 0. The third-order valence-corrected chi connectivity index (χ3v) is 8.12. The van der Waals surface area contributed by atoms with Gasteiger partial charge in [0.1, 0.15) is 6.04 Å². The normalized spacial score (nSPS) is 17.5. The number of hydrogen-bond acceptors (Lipinski definition) is 7. The summed E-state index contributed by atoms with van der Waals surface area (Å²) in [5, 5.41) is 32.4. The molecule has 1 aliphatic rings. The molecular formula is C35H33N3O6. The molecule has 1 fully saturated rings. The minimum Gasteiger partial charge on any atom is -0.480 e. The van der Waals surface area contributed by atoms with Crippen molar-refractivity contribution in [2.24, 2.45) is 5.92 Å². The van der Waals surface area contributed by atoms with Gasteiger partial charge in [-0.2, -0.15) is 10.3 Å². The summed E-state index contributed by atoms with van der Waals surface area (Å²) in [6.07, 6.45) is 0.202. The van der Waals surface area contributed by atoms with Crippen molar-refractivity contribution >= 4 is 11.7 Å². The molecule has 1 N–H and O–H groups in total. The highest BCUT2D eigenvalue weighted by Gasteiger charge is 2.39. The van der Waals surface area contributed by atoms with Crippen LogP contribution in [0.3, 0.4) is 0 Å². The fraction of sp³-hybridized carbons (Fsp3) is 0.257. The minimum atomic E-state index is -1.02. The van der Waals surface area contributed by atoms with Gasteiger partial charge in [0.2, 0.25) is 0 Å². The van der Waals surface area contributed by atoms with Crippen LogP contribution in [0.25, 0.3) is 11.1 Å². The number of ether oxygens (including phenoxy) is 1. The minimum absolute atomic E-state index is 0.0477. The van der Waals surface area contributed by atoms with Gasteiger partial charge < -0.3 is 9.84 Å². The Balaban J connectivity index is 1.37. The molecule has 1 aliphatic heterocycles. The van der Waals surface area contributed by atoms with Crippen LogP contribution in [0.2, 0.25) is 0 Å². The lowest BCUT2D eigenvalue weighted by Gasteiger charge is -2.39. The van der Waals surface area contributed by atoms with Gasteiger partial charge in [0.05, 0.1) is 35.9 Å². The van der Waals surface area contributed by atoms with Crippen molar-refractivity contribution < 1.29 is 24.4 Å². The number of aliphatic carboxylic acids is 1. The number of non-ortho nitro benzene ring substituents is 1. The molecule has 9 nitrogen and oxygen atoms in total. The van der Waals surface area contributed by atoms with Crippen molar-refractivity contribution in [2.75, 3.05) is 6.54 Å². The maximum atomic E-state index is 12.4. The number of nitrogens with zero attached hydrogens (tertiary/aromatic N) is 3. The average molecular weight is 592 g/mol. The quantitative estimate of drug-likeness (QED) is 0.146. The summed E-state index contributed by atoms with van der Waals surface area (Å²) in [6.45, 7) is 2.76. The summed E-state index contributed by atoms with van der Waals surface area (Å²) in [5.41, 5.74) is 6.10. The van der Waals surface area contributed by atoms with E-state index in [1.807, 2.05) is 43.3 Å². The van der Waals surface area contributed by atoms with Crippen LogP contribution >= 0.6 is 0 Å². The van der Waals surface area contributed by atoms with E-state index in [0.29, 0.717) is 24.1 Å². The topological polar surface area (TPSA) is 126 Å². The van der Waals surface area contributed by atoms with E-state index in [9.17, 15) is 25.3 Å². The molecular weight excluding hydrogens is 558 g/mol. The number of benzene rings is 4. The zero-order chi connectivity index (χ0) is 31.1. The zero-order valence-corrected chi connectivity index (χ0v) is 24.3.